The lowest BCUT2D eigenvalue weighted by molar-refractivity contribution is 0.454. The van der Waals surface area contributed by atoms with Crippen molar-refractivity contribution in [2.45, 2.75) is 29.7 Å². The van der Waals surface area contributed by atoms with Gasteiger partial charge in [0.05, 0.1) is 22.4 Å². The van der Waals surface area contributed by atoms with E-state index < -0.39 is 0 Å². The van der Waals surface area contributed by atoms with Crippen LogP contribution in [0.5, 0.6) is 0 Å². The van der Waals surface area contributed by atoms with E-state index in [9.17, 15) is 0 Å². The quantitative estimate of drug-likeness (QED) is 0.850. The predicted molar refractivity (Wildman–Crippen MR) is 66.7 cm³/mol. The van der Waals surface area contributed by atoms with Crippen LogP contribution in [-0.4, -0.2) is 9.97 Å². The maximum atomic E-state index is 5.59. The zero-order valence-electron chi connectivity index (χ0n) is 9.14. The molecule has 0 aliphatic rings. The molecule has 0 radical (unpaired) electrons. The lowest BCUT2D eigenvalue weighted by Gasteiger charge is -1.96. The highest BCUT2D eigenvalue weighted by Crippen LogP contribution is 2.29. The molecule has 2 aromatic rings. The Morgan fingerprint density at radius 2 is 2.25 bits per heavy atom. The van der Waals surface area contributed by atoms with Gasteiger partial charge >= 0.3 is 0 Å². The van der Waals surface area contributed by atoms with Crippen molar-refractivity contribution in [3.63, 3.8) is 0 Å². The molecule has 0 aliphatic carbocycles. The van der Waals surface area contributed by atoms with Gasteiger partial charge in [-0.05, 0) is 0 Å². The molecule has 6 heteroatoms. The number of oxazole rings is 1. The maximum absolute atomic E-state index is 5.59. The van der Waals surface area contributed by atoms with Crippen molar-refractivity contribution in [1.82, 2.24) is 9.97 Å². The highest BCUT2D eigenvalue weighted by atomic mass is 32.2. The first-order chi connectivity index (χ1) is 7.65. The fraction of sp³-hybridized carbons (Fsp3) is 0.400. The number of thiazole rings is 1. The van der Waals surface area contributed by atoms with Crippen LogP contribution in [0.15, 0.2) is 21.0 Å². The zero-order valence-corrected chi connectivity index (χ0v) is 10.8. The number of hydrogen-bond acceptors (Lipinski definition) is 6. The van der Waals surface area contributed by atoms with Crippen LogP contribution in [0.1, 0.15) is 31.4 Å². The van der Waals surface area contributed by atoms with Crippen molar-refractivity contribution in [1.29, 1.82) is 0 Å². The first-order valence-electron chi connectivity index (χ1n) is 4.94. The predicted octanol–water partition coefficient (Wildman–Crippen LogP) is 3.13. The van der Waals surface area contributed by atoms with Crippen LogP contribution in [0.2, 0.25) is 0 Å². The number of hydrogen-bond donors (Lipinski definition) is 1. The van der Waals surface area contributed by atoms with Gasteiger partial charge in [0.15, 0.2) is 5.13 Å². The fourth-order valence-corrected chi connectivity index (χ4v) is 2.74. The molecule has 0 spiro atoms. The molecule has 2 rings (SSSR count). The molecule has 0 bridgehead atoms. The van der Waals surface area contributed by atoms with Crippen molar-refractivity contribution < 1.29 is 4.42 Å². The van der Waals surface area contributed by atoms with Crippen LogP contribution >= 0.6 is 23.1 Å². The van der Waals surface area contributed by atoms with Crippen LogP contribution in [0.4, 0.5) is 5.13 Å². The summed E-state index contributed by atoms with van der Waals surface area (Å²) in [6.07, 6.45) is 3.57. The van der Waals surface area contributed by atoms with Crippen LogP contribution in [-0.2, 0) is 5.75 Å². The van der Waals surface area contributed by atoms with Gasteiger partial charge in [-0.1, -0.05) is 25.2 Å². The highest BCUT2D eigenvalue weighted by molar-refractivity contribution is 8.00. The second-order valence-electron chi connectivity index (χ2n) is 3.62. The second kappa shape index (κ2) is 4.88. The molecule has 2 N–H and O–H groups in total. The summed E-state index contributed by atoms with van der Waals surface area (Å²) in [5.41, 5.74) is 5.55. The van der Waals surface area contributed by atoms with Crippen molar-refractivity contribution in [2.75, 3.05) is 5.73 Å². The molecule has 2 aromatic heterocycles. The third-order valence-corrected chi connectivity index (χ3v) is 3.99. The number of nitrogens with two attached hydrogens (primary N) is 1. The average Bonchev–Trinajstić information content (AvgIpc) is 2.83. The van der Waals surface area contributed by atoms with Gasteiger partial charge in [-0.3, -0.25) is 0 Å². The van der Waals surface area contributed by atoms with Gasteiger partial charge in [0.25, 0.3) is 0 Å². The number of thioether (sulfide) groups is 1. The molecule has 2 heterocycles. The van der Waals surface area contributed by atoms with E-state index in [1.807, 2.05) is 0 Å². The normalized spacial score (nSPS) is 11.2. The van der Waals surface area contributed by atoms with Crippen LogP contribution in [0, 0.1) is 0 Å². The summed E-state index contributed by atoms with van der Waals surface area (Å²) in [5.74, 6) is 2.78. The van der Waals surface area contributed by atoms with E-state index in [2.05, 4.69) is 23.8 Å². The molecule has 0 aromatic carbocycles. The van der Waals surface area contributed by atoms with E-state index in [0.717, 1.165) is 15.9 Å². The molecule has 4 nitrogen and oxygen atoms in total. The number of nitrogen functional groups attached to an aromatic ring is 1. The first kappa shape index (κ1) is 11.5. The standard InChI is InChI=1S/C10H13N3OS2/c1-6(2)7-3-12-8(14-7)5-15-9-4-13-10(11)16-9/h3-4,6H,5H2,1-2H3,(H2,11,13). The summed E-state index contributed by atoms with van der Waals surface area (Å²) in [5, 5.41) is 0.595. The van der Waals surface area contributed by atoms with Gasteiger partial charge in [0, 0.05) is 5.92 Å². The molecule has 0 saturated carbocycles. The van der Waals surface area contributed by atoms with Crippen molar-refractivity contribution in [3.8, 4) is 0 Å². The minimum absolute atomic E-state index is 0.380. The Morgan fingerprint density at radius 3 is 2.81 bits per heavy atom. The summed E-state index contributed by atoms with van der Waals surface area (Å²) in [4.78, 5) is 8.21. The topological polar surface area (TPSA) is 64.9 Å². The van der Waals surface area contributed by atoms with Gasteiger partial charge in [-0.2, -0.15) is 0 Å². The summed E-state index contributed by atoms with van der Waals surface area (Å²) in [6.45, 7) is 4.17. The zero-order chi connectivity index (χ0) is 11.5. The van der Waals surface area contributed by atoms with E-state index in [1.165, 1.54) is 11.3 Å². The minimum Gasteiger partial charge on any atom is -0.445 e. The maximum Gasteiger partial charge on any atom is 0.204 e. The molecule has 0 aliphatic heterocycles. The van der Waals surface area contributed by atoms with Crippen molar-refractivity contribution >= 4 is 28.2 Å². The average molecular weight is 255 g/mol. The van der Waals surface area contributed by atoms with Crippen molar-refractivity contribution in [3.05, 3.63) is 24.0 Å². The van der Waals surface area contributed by atoms with Gasteiger partial charge in [0.1, 0.15) is 5.76 Å². The highest BCUT2D eigenvalue weighted by Gasteiger charge is 2.08. The largest absolute Gasteiger partial charge is 0.445 e. The molecule has 0 amide bonds. The fourth-order valence-electron chi connectivity index (χ4n) is 1.13. The monoisotopic (exact) mass is 255 g/mol. The van der Waals surface area contributed by atoms with Gasteiger partial charge in [-0.15, -0.1) is 11.8 Å². The Bertz CT molecular complexity index is 464. The molecule has 0 atom stereocenters. The minimum atomic E-state index is 0.380. The summed E-state index contributed by atoms with van der Waals surface area (Å²) in [6, 6.07) is 0. The molecule has 0 fully saturated rings. The molecule has 0 saturated heterocycles. The Labute approximate surface area is 102 Å². The smallest absolute Gasteiger partial charge is 0.204 e. The third kappa shape index (κ3) is 2.76. The van der Waals surface area contributed by atoms with Gasteiger partial charge in [0.2, 0.25) is 5.89 Å². The lowest BCUT2D eigenvalue weighted by atomic mass is 10.2. The number of anilines is 1. The Hall–Kier alpha value is -1.01. The van der Waals surface area contributed by atoms with Crippen LogP contribution in [0.3, 0.4) is 0 Å². The summed E-state index contributed by atoms with van der Waals surface area (Å²) < 4.78 is 6.68. The lowest BCUT2D eigenvalue weighted by Crippen LogP contribution is -1.81. The van der Waals surface area contributed by atoms with E-state index in [1.54, 1.807) is 24.2 Å². The van der Waals surface area contributed by atoms with E-state index >= 15 is 0 Å². The van der Waals surface area contributed by atoms with E-state index in [4.69, 9.17) is 10.2 Å². The second-order valence-corrected chi connectivity index (χ2v) is 5.96. The third-order valence-electron chi connectivity index (χ3n) is 1.98. The van der Waals surface area contributed by atoms with Crippen LogP contribution in [0.25, 0.3) is 0 Å². The molecule has 0 unspecified atom stereocenters. The Kier molecular flexibility index (Phi) is 3.50. The van der Waals surface area contributed by atoms with E-state index in [0.29, 0.717) is 16.8 Å². The molecule has 86 valence electrons. The van der Waals surface area contributed by atoms with Gasteiger partial charge < -0.3 is 10.2 Å². The molecular weight excluding hydrogens is 242 g/mol. The number of rotatable bonds is 4. The summed E-state index contributed by atoms with van der Waals surface area (Å²) in [7, 11) is 0. The molecule has 16 heavy (non-hydrogen) atoms. The Balaban J connectivity index is 1.94. The van der Waals surface area contributed by atoms with Crippen molar-refractivity contribution in [2.24, 2.45) is 0 Å². The summed E-state index contributed by atoms with van der Waals surface area (Å²) >= 11 is 3.12. The first-order valence-corrected chi connectivity index (χ1v) is 6.74. The van der Waals surface area contributed by atoms with E-state index in [-0.39, 0.29) is 0 Å². The van der Waals surface area contributed by atoms with Crippen LogP contribution < -0.4 is 5.73 Å². The SMILES string of the molecule is CC(C)c1cnc(CSc2cnc(N)s2)o1. The molecular formula is C10H13N3OS2. The number of aromatic nitrogens is 2. The number of nitrogens with zero attached hydrogens (tertiary/aromatic N) is 2. The van der Waals surface area contributed by atoms with Gasteiger partial charge in [-0.25, -0.2) is 9.97 Å². The Morgan fingerprint density at radius 1 is 1.44 bits per heavy atom.